The van der Waals surface area contributed by atoms with E-state index in [1.54, 1.807) is 30.3 Å². The van der Waals surface area contributed by atoms with Gasteiger partial charge in [0, 0.05) is 13.5 Å². The van der Waals surface area contributed by atoms with Crippen molar-refractivity contribution in [3.8, 4) is 0 Å². The number of nitrogens with one attached hydrogen (secondary N) is 2. The molecule has 0 aromatic heterocycles. The molecule has 3 nitrogen and oxygen atoms in total. The highest BCUT2D eigenvalue weighted by molar-refractivity contribution is 6.44. The summed E-state index contributed by atoms with van der Waals surface area (Å²) in [5.41, 5.74) is 1.10. The molecule has 0 aliphatic carbocycles. The smallest absolute Gasteiger partial charge is 0.270 e. The molecule has 19 heavy (non-hydrogen) atoms. The lowest BCUT2D eigenvalue weighted by Crippen LogP contribution is -2.30. The van der Waals surface area contributed by atoms with E-state index in [9.17, 15) is 4.79 Å². The van der Waals surface area contributed by atoms with Crippen LogP contribution < -0.4 is 5.32 Å². The van der Waals surface area contributed by atoms with Crippen LogP contribution in [0.25, 0.3) is 0 Å². The van der Waals surface area contributed by atoms with E-state index in [1.807, 2.05) is 6.07 Å². The zero-order valence-electron chi connectivity index (χ0n) is 12.3. The minimum Gasteiger partial charge on any atom is -0.347 e. The van der Waals surface area contributed by atoms with Crippen LogP contribution >= 0.6 is 0 Å². The third-order valence-corrected chi connectivity index (χ3v) is 1.70. The van der Waals surface area contributed by atoms with Crippen LogP contribution in [0.15, 0.2) is 43.0 Å². The minimum absolute atomic E-state index is 0. The molecule has 0 saturated heterocycles. The lowest BCUT2D eigenvalue weighted by molar-refractivity contribution is -0.114. The summed E-state index contributed by atoms with van der Waals surface area (Å²) in [5.74, 6) is -0.379. The molecule has 0 radical (unpaired) electrons. The second-order valence-corrected chi connectivity index (χ2v) is 5.74. The third-order valence-electron chi connectivity index (χ3n) is 1.70. The number of carbonyl (C=O) groups excluding carboxylic acids is 1. The Hall–Kier alpha value is -1.90. The molecule has 1 rings (SSSR count). The van der Waals surface area contributed by atoms with E-state index in [0.29, 0.717) is 17.5 Å². The number of benzene rings is 1. The average molecular weight is 262 g/mol. The van der Waals surface area contributed by atoms with Gasteiger partial charge in [-0.15, -0.1) is 6.58 Å². The van der Waals surface area contributed by atoms with Crippen molar-refractivity contribution in [1.82, 2.24) is 5.32 Å². The fourth-order valence-corrected chi connectivity index (χ4v) is 0.989. The van der Waals surface area contributed by atoms with Crippen LogP contribution in [-0.2, 0) is 4.79 Å². The monoisotopic (exact) mass is 262 g/mol. The van der Waals surface area contributed by atoms with E-state index >= 15 is 0 Å². The van der Waals surface area contributed by atoms with E-state index in [2.05, 4.69) is 39.6 Å². The van der Waals surface area contributed by atoms with Crippen molar-refractivity contribution in [3.05, 3.63) is 48.6 Å². The Morgan fingerprint density at radius 2 is 1.79 bits per heavy atom. The zero-order valence-corrected chi connectivity index (χ0v) is 12.3. The molecular weight excluding hydrogens is 236 g/mol. The lowest BCUT2D eigenvalue weighted by Gasteiger charge is -2.05. The van der Waals surface area contributed by atoms with E-state index in [4.69, 9.17) is 5.41 Å². The highest BCUT2D eigenvalue weighted by atomic mass is 16.1. The maximum Gasteiger partial charge on any atom is 0.270 e. The van der Waals surface area contributed by atoms with Crippen LogP contribution in [0.3, 0.4) is 0 Å². The molecule has 2 N–H and O–H groups in total. The third kappa shape index (κ3) is 9.77. The van der Waals surface area contributed by atoms with Gasteiger partial charge in [-0.05, 0) is 5.41 Å². The molecule has 0 aliphatic rings. The first-order valence-corrected chi connectivity index (χ1v) is 6.28. The van der Waals surface area contributed by atoms with E-state index in [0.717, 1.165) is 0 Å². The van der Waals surface area contributed by atoms with Crippen LogP contribution in [0, 0.1) is 10.8 Å². The normalized spacial score (nSPS) is 9.89. The maximum absolute atomic E-state index is 11.3. The maximum atomic E-state index is 11.3. The summed E-state index contributed by atoms with van der Waals surface area (Å²) in [7, 11) is 0. The number of carbonyl (C=O) groups is 1. The van der Waals surface area contributed by atoms with Crippen LogP contribution in [-0.4, -0.2) is 18.2 Å². The molecular formula is C16H26N2O. The van der Waals surface area contributed by atoms with Crippen molar-refractivity contribution < 1.29 is 6.22 Å². The SMILES string of the molecule is C=CCNC(=O)C(=N)c1ccccc1.CC(C)(C)C.[HH]. The second-order valence-electron chi connectivity index (χ2n) is 5.74. The Balaban J connectivity index is 0. The van der Waals surface area contributed by atoms with Gasteiger partial charge >= 0.3 is 0 Å². The molecule has 3 heteroatoms. The van der Waals surface area contributed by atoms with Gasteiger partial charge in [-0.1, -0.05) is 64.1 Å². The van der Waals surface area contributed by atoms with Gasteiger partial charge in [0.1, 0.15) is 5.71 Å². The Bertz CT molecular complexity index is 416. The first-order valence-electron chi connectivity index (χ1n) is 6.28. The highest BCUT2D eigenvalue weighted by Gasteiger charge is 2.09. The van der Waals surface area contributed by atoms with Gasteiger partial charge in [-0.2, -0.15) is 0 Å². The summed E-state index contributed by atoms with van der Waals surface area (Å²) in [6, 6.07) is 8.90. The molecule has 0 saturated carbocycles. The molecule has 1 aromatic carbocycles. The van der Waals surface area contributed by atoms with Gasteiger partial charge in [0.25, 0.3) is 5.91 Å². The van der Waals surface area contributed by atoms with Crippen molar-refractivity contribution in [2.75, 3.05) is 6.54 Å². The summed E-state index contributed by atoms with van der Waals surface area (Å²) in [4.78, 5) is 11.3. The lowest BCUT2D eigenvalue weighted by atomic mass is 10.0. The van der Waals surface area contributed by atoms with Gasteiger partial charge in [0.15, 0.2) is 0 Å². The molecule has 0 fully saturated rings. The van der Waals surface area contributed by atoms with E-state index < -0.39 is 0 Å². The Labute approximate surface area is 117 Å². The van der Waals surface area contributed by atoms with Gasteiger partial charge in [-0.3, -0.25) is 10.2 Å². The first-order chi connectivity index (χ1) is 8.75. The van der Waals surface area contributed by atoms with Crippen LogP contribution in [0.1, 0.15) is 34.7 Å². The fraction of sp³-hybridized carbons (Fsp3) is 0.375. The molecule has 0 spiro atoms. The van der Waals surface area contributed by atoms with Crippen molar-refractivity contribution in [3.63, 3.8) is 0 Å². The van der Waals surface area contributed by atoms with Crippen LogP contribution in [0.5, 0.6) is 0 Å². The molecule has 0 unspecified atom stereocenters. The second kappa shape index (κ2) is 8.25. The molecule has 0 aliphatic heterocycles. The van der Waals surface area contributed by atoms with Crippen LogP contribution in [0.4, 0.5) is 0 Å². The zero-order chi connectivity index (χ0) is 14.9. The average Bonchev–Trinajstić information content (AvgIpc) is 2.34. The molecule has 0 bridgehead atoms. The van der Waals surface area contributed by atoms with Gasteiger partial charge in [-0.25, -0.2) is 0 Å². The fourth-order valence-electron chi connectivity index (χ4n) is 0.989. The van der Waals surface area contributed by atoms with Crippen LogP contribution in [0.2, 0.25) is 0 Å². The largest absolute Gasteiger partial charge is 0.347 e. The highest BCUT2D eigenvalue weighted by Crippen LogP contribution is 2.08. The summed E-state index contributed by atoms with van der Waals surface area (Å²) in [5, 5.41) is 10.1. The van der Waals surface area contributed by atoms with Crippen molar-refractivity contribution in [1.29, 1.82) is 5.41 Å². The molecule has 0 atom stereocenters. The van der Waals surface area contributed by atoms with E-state index in [1.165, 1.54) is 0 Å². The van der Waals surface area contributed by atoms with Crippen molar-refractivity contribution in [2.24, 2.45) is 5.41 Å². The number of hydrogen-bond donors (Lipinski definition) is 2. The number of hydrogen-bond acceptors (Lipinski definition) is 2. The Morgan fingerprint density at radius 3 is 2.21 bits per heavy atom. The molecule has 0 heterocycles. The van der Waals surface area contributed by atoms with E-state index in [-0.39, 0.29) is 13.0 Å². The van der Waals surface area contributed by atoms with Gasteiger partial charge in [0.2, 0.25) is 0 Å². The Kier molecular flexibility index (Phi) is 7.42. The summed E-state index contributed by atoms with van der Waals surface area (Å²) >= 11 is 0. The molecule has 1 aromatic rings. The van der Waals surface area contributed by atoms with Crippen molar-refractivity contribution in [2.45, 2.75) is 27.7 Å². The predicted octanol–water partition coefficient (Wildman–Crippen LogP) is 3.66. The molecule has 1 amide bonds. The quantitative estimate of drug-likeness (QED) is 0.631. The Morgan fingerprint density at radius 1 is 1.32 bits per heavy atom. The number of rotatable bonds is 4. The van der Waals surface area contributed by atoms with Crippen molar-refractivity contribution >= 4 is 11.6 Å². The van der Waals surface area contributed by atoms with Gasteiger partial charge in [0.05, 0.1) is 0 Å². The summed E-state index contributed by atoms with van der Waals surface area (Å²) in [6.07, 6.45) is 1.58. The standard InChI is InChI=1S/C11H12N2O.C5H12.H2/c1-2-8-13-11(14)10(12)9-6-4-3-5-7-9;1-5(2,3)4;/h2-7,12H,1,8H2,(H,13,14);1-4H3;1H. The minimum atomic E-state index is -0.379. The summed E-state index contributed by atoms with van der Waals surface area (Å²) < 4.78 is 0. The first kappa shape index (κ1) is 17.1. The predicted molar refractivity (Wildman–Crippen MR) is 83.7 cm³/mol. The number of amides is 1. The molecule has 106 valence electrons. The summed E-state index contributed by atoms with van der Waals surface area (Å²) in [6.45, 7) is 12.6. The van der Waals surface area contributed by atoms with Gasteiger partial charge < -0.3 is 5.32 Å². The topological polar surface area (TPSA) is 53.0 Å².